The fraction of sp³-hybridized carbons (Fsp3) is 0.333. The molecule has 21 heavy (non-hydrogen) atoms. The highest BCUT2D eigenvalue weighted by atomic mass is 35.5. The zero-order valence-electron chi connectivity index (χ0n) is 12.2. The highest BCUT2D eigenvalue weighted by molar-refractivity contribution is 5.98. The normalized spacial score (nSPS) is 13.1. The zero-order chi connectivity index (χ0) is 14.6. The number of benzene rings is 1. The molecule has 0 saturated carbocycles. The molecule has 1 unspecified atom stereocenters. The fourth-order valence-electron chi connectivity index (χ4n) is 2.09. The molecule has 1 aromatic carbocycles. The van der Waals surface area contributed by atoms with Crippen molar-refractivity contribution in [3.8, 4) is 11.3 Å². The molecule has 2 rings (SSSR count). The number of nitrogens with one attached hydrogen (secondary N) is 2. The van der Waals surface area contributed by atoms with Crippen molar-refractivity contribution in [2.75, 3.05) is 5.32 Å². The molecule has 2 aromatic rings. The quantitative estimate of drug-likeness (QED) is 0.794. The van der Waals surface area contributed by atoms with Gasteiger partial charge in [0, 0.05) is 17.4 Å². The second-order valence-electron chi connectivity index (χ2n) is 5.17. The van der Waals surface area contributed by atoms with Crippen molar-refractivity contribution >= 4 is 24.0 Å². The molecule has 0 aliphatic rings. The number of hydrogen-bond acceptors (Lipinski definition) is 3. The van der Waals surface area contributed by atoms with Crippen molar-refractivity contribution in [1.29, 1.82) is 0 Å². The Balaban J connectivity index is 0.00000220. The molecule has 0 radical (unpaired) electrons. The van der Waals surface area contributed by atoms with Crippen LogP contribution >= 0.6 is 12.4 Å². The number of carbonyl (C=O) groups is 1. The van der Waals surface area contributed by atoms with Gasteiger partial charge in [0.1, 0.15) is 0 Å². The number of halogens is 1. The number of rotatable bonds is 5. The fourth-order valence-corrected chi connectivity index (χ4v) is 2.09. The molecule has 0 spiro atoms. The van der Waals surface area contributed by atoms with Gasteiger partial charge < -0.3 is 11.1 Å². The summed E-state index contributed by atoms with van der Waals surface area (Å²) in [6.07, 6.45) is 3.21. The molecule has 114 valence electrons. The van der Waals surface area contributed by atoms with E-state index in [-0.39, 0.29) is 18.3 Å². The number of aromatic nitrogens is 2. The first-order valence-corrected chi connectivity index (χ1v) is 6.73. The number of nitrogens with zero attached hydrogens (tertiary/aromatic N) is 1. The zero-order valence-corrected chi connectivity index (χ0v) is 13.0. The predicted molar refractivity (Wildman–Crippen MR) is 87.4 cm³/mol. The number of aromatic amines is 1. The van der Waals surface area contributed by atoms with Gasteiger partial charge in [-0.05, 0) is 31.5 Å². The minimum absolute atomic E-state index is 0. The predicted octanol–water partition coefficient (Wildman–Crippen LogP) is 2.95. The topological polar surface area (TPSA) is 83.8 Å². The lowest BCUT2D eigenvalue weighted by molar-refractivity contribution is -0.120. The molecule has 1 amide bonds. The van der Waals surface area contributed by atoms with Gasteiger partial charge in [-0.25, -0.2) is 0 Å². The lowest BCUT2D eigenvalue weighted by Gasteiger charge is -2.22. The van der Waals surface area contributed by atoms with E-state index in [1.165, 1.54) is 0 Å². The molecule has 4 N–H and O–H groups in total. The van der Waals surface area contributed by atoms with Gasteiger partial charge in [0.2, 0.25) is 5.91 Å². The largest absolute Gasteiger partial charge is 0.324 e. The molecule has 0 saturated heterocycles. The highest BCUT2D eigenvalue weighted by Crippen LogP contribution is 2.21. The van der Waals surface area contributed by atoms with Crippen molar-refractivity contribution in [2.24, 2.45) is 5.73 Å². The van der Waals surface area contributed by atoms with E-state index in [4.69, 9.17) is 5.73 Å². The Labute approximate surface area is 130 Å². The van der Waals surface area contributed by atoms with Crippen LogP contribution in [0.4, 0.5) is 5.69 Å². The van der Waals surface area contributed by atoms with E-state index in [1.54, 1.807) is 13.1 Å². The van der Waals surface area contributed by atoms with Crippen LogP contribution in [0.5, 0.6) is 0 Å². The van der Waals surface area contributed by atoms with Crippen LogP contribution in [0, 0.1) is 0 Å². The third-order valence-electron chi connectivity index (χ3n) is 3.22. The molecule has 0 bridgehead atoms. The second kappa shape index (κ2) is 7.24. The summed E-state index contributed by atoms with van der Waals surface area (Å²) in [5.41, 5.74) is 7.78. The molecule has 0 fully saturated rings. The Bertz CT molecular complexity index is 581. The third kappa shape index (κ3) is 4.31. The summed E-state index contributed by atoms with van der Waals surface area (Å²) in [5, 5.41) is 9.69. The first kappa shape index (κ1) is 17.2. The molecule has 5 nitrogen and oxygen atoms in total. The van der Waals surface area contributed by atoms with E-state index < -0.39 is 5.54 Å². The van der Waals surface area contributed by atoms with Crippen LogP contribution in [-0.2, 0) is 4.79 Å². The third-order valence-corrected chi connectivity index (χ3v) is 3.22. The average molecular weight is 309 g/mol. The standard InChI is InChI=1S/C15H20N4O.ClH/c1-3-8-15(2,16)14(20)18-12-6-4-5-11(10-12)13-7-9-17-19-13;/h4-7,9-10H,3,8,16H2,1-2H3,(H,17,19)(H,18,20);1H. The Hall–Kier alpha value is -1.85. The molecular weight excluding hydrogens is 288 g/mol. The van der Waals surface area contributed by atoms with E-state index in [0.717, 1.165) is 23.4 Å². The summed E-state index contributed by atoms with van der Waals surface area (Å²) < 4.78 is 0. The Kier molecular flexibility index (Phi) is 5.93. The van der Waals surface area contributed by atoms with Crippen molar-refractivity contribution in [1.82, 2.24) is 10.2 Å². The first-order chi connectivity index (χ1) is 9.53. The van der Waals surface area contributed by atoms with Crippen molar-refractivity contribution < 1.29 is 4.79 Å². The maximum Gasteiger partial charge on any atom is 0.244 e. The van der Waals surface area contributed by atoms with Crippen molar-refractivity contribution in [3.05, 3.63) is 36.5 Å². The van der Waals surface area contributed by atoms with Gasteiger partial charge in [0.25, 0.3) is 0 Å². The van der Waals surface area contributed by atoms with Gasteiger partial charge in [-0.2, -0.15) is 5.10 Å². The van der Waals surface area contributed by atoms with Gasteiger partial charge in [-0.15, -0.1) is 12.4 Å². The first-order valence-electron chi connectivity index (χ1n) is 6.73. The van der Waals surface area contributed by atoms with E-state index in [9.17, 15) is 4.79 Å². The Morgan fingerprint density at radius 2 is 2.19 bits per heavy atom. The smallest absolute Gasteiger partial charge is 0.244 e. The maximum atomic E-state index is 12.2. The van der Waals surface area contributed by atoms with Crippen LogP contribution < -0.4 is 11.1 Å². The summed E-state index contributed by atoms with van der Waals surface area (Å²) in [4.78, 5) is 12.2. The van der Waals surface area contributed by atoms with Crippen LogP contribution in [0.25, 0.3) is 11.3 Å². The molecule has 0 aliphatic carbocycles. The minimum Gasteiger partial charge on any atom is -0.324 e. The number of anilines is 1. The number of carbonyl (C=O) groups excluding carboxylic acids is 1. The van der Waals surface area contributed by atoms with Gasteiger partial charge in [0.05, 0.1) is 11.2 Å². The second-order valence-corrected chi connectivity index (χ2v) is 5.17. The number of amides is 1. The monoisotopic (exact) mass is 308 g/mol. The summed E-state index contributed by atoms with van der Waals surface area (Å²) >= 11 is 0. The SMILES string of the molecule is CCCC(C)(N)C(=O)Nc1cccc(-c2ccn[nH]2)c1.Cl. The average Bonchev–Trinajstić information content (AvgIpc) is 2.93. The molecule has 6 heteroatoms. The molecule has 0 aliphatic heterocycles. The van der Waals surface area contributed by atoms with Crippen LogP contribution in [0.1, 0.15) is 26.7 Å². The van der Waals surface area contributed by atoms with E-state index in [2.05, 4.69) is 15.5 Å². The molecule has 1 atom stereocenters. The highest BCUT2D eigenvalue weighted by Gasteiger charge is 2.27. The van der Waals surface area contributed by atoms with Crippen LogP contribution in [-0.4, -0.2) is 21.6 Å². The van der Waals surface area contributed by atoms with Gasteiger partial charge in [-0.3, -0.25) is 9.89 Å². The maximum absolute atomic E-state index is 12.2. The van der Waals surface area contributed by atoms with Crippen LogP contribution in [0.2, 0.25) is 0 Å². The number of nitrogens with two attached hydrogens (primary N) is 1. The summed E-state index contributed by atoms with van der Waals surface area (Å²) in [7, 11) is 0. The summed E-state index contributed by atoms with van der Waals surface area (Å²) in [6, 6.07) is 9.47. The minimum atomic E-state index is -0.848. The molecule has 1 aromatic heterocycles. The lowest BCUT2D eigenvalue weighted by atomic mass is 9.96. The van der Waals surface area contributed by atoms with Crippen molar-refractivity contribution in [2.45, 2.75) is 32.2 Å². The molecular formula is C15H21ClN4O. The van der Waals surface area contributed by atoms with E-state index in [1.807, 2.05) is 37.3 Å². The van der Waals surface area contributed by atoms with Gasteiger partial charge in [-0.1, -0.05) is 25.5 Å². The van der Waals surface area contributed by atoms with Gasteiger partial charge in [0.15, 0.2) is 0 Å². The Morgan fingerprint density at radius 3 is 2.81 bits per heavy atom. The summed E-state index contributed by atoms with van der Waals surface area (Å²) in [6.45, 7) is 3.77. The van der Waals surface area contributed by atoms with E-state index >= 15 is 0 Å². The Morgan fingerprint density at radius 1 is 1.43 bits per heavy atom. The van der Waals surface area contributed by atoms with Crippen LogP contribution in [0.3, 0.4) is 0 Å². The number of hydrogen-bond donors (Lipinski definition) is 3. The lowest BCUT2D eigenvalue weighted by Crippen LogP contribution is -2.48. The number of H-pyrrole nitrogens is 1. The van der Waals surface area contributed by atoms with Crippen LogP contribution in [0.15, 0.2) is 36.5 Å². The molecule has 1 heterocycles. The summed E-state index contributed by atoms with van der Waals surface area (Å²) in [5.74, 6) is -0.166. The van der Waals surface area contributed by atoms with Gasteiger partial charge >= 0.3 is 0 Å². The van der Waals surface area contributed by atoms with E-state index in [0.29, 0.717) is 6.42 Å². The van der Waals surface area contributed by atoms with Crippen molar-refractivity contribution in [3.63, 3.8) is 0 Å².